The molecule has 0 spiro atoms. The number of carboxylic acid groups (broad SMARTS) is 1. The zero-order chi connectivity index (χ0) is 12.1. The van der Waals surface area contributed by atoms with E-state index in [1.807, 2.05) is 0 Å². The highest BCUT2D eigenvalue weighted by Crippen LogP contribution is 2.17. The van der Waals surface area contributed by atoms with Crippen LogP contribution >= 0.6 is 11.8 Å². The molecule has 5 nitrogen and oxygen atoms in total. The average molecular weight is 245 g/mol. The molecule has 2 amide bonds. The molecular weight excluding hydrogens is 230 g/mol. The summed E-state index contributed by atoms with van der Waals surface area (Å²) in [7, 11) is 0. The Kier molecular flexibility index (Phi) is 4.79. The second-order valence-corrected chi connectivity index (χ2v) is 4.78. The minimum Gasteiger partial charge on any atom is -0.480 e. The van der Waals surface area contributed by atoms with Gasteiger partial charge < -0.3 is 5.11 Å². The number of hydrogen-bond donors (Lipinski definition) is 1. The van der Waals surface area contributed by atoms with E-state index in [-0.39, 0.29) is 17.6 Å². The normalized spacial score (nSPS) is 17.6. The van der Waals surface area contributed by atoms with Crippen molar-refractivity contribution in [2.24, 2.45) is 0 Å². The minimum atomic E-state index is -0.909. The molecule has 0 aliphatic carbocycles. The predicted molar refractivity (Wildman–Crippen MR) is 60.1 cm³/mol. The topological polar surface area (TPSA) is 74.7 Å². The largest absolute Gasteiger partial charge is 0.480 e. The minimum absolute atomic E-state index is 0.0660. The maximum Gasteiger partial charge on any atom is 0.316 e. The second-order valence-electron chi connectivity index (χ2n) is 3.59. The fourth-order valence-electron chi connectivity index (χ4n) is 1.53. The molecule has 1 atom stereocenters. The number of rotatable bonds is 5. The summed E-state index contributed by atoms with van der Waals surface area (Å²) >= 11 is 1.08. The van der Waals surface area contributed by atoms with Crippen molar-refractivity contribution in [1.29, 1.82) is 0 Å². The van der Waals surface area contributed by atoms with Crippen molar-refractivity contribution in [1.82, 2.24) is 4.90 Å². The van der Waals surface area contributed by atoms with Gasteiger partial charge >= 0.3 is 5.97 Å². The number of carboxylic acids is 1. The van der Waals surface area contributed by atoms with Gasteiger partial charge in [-0.15, -0.1) is 11.8 Å². The Balaban J connectivity index is 2.40. The molecule has 1 aliphatic heterocycles. The highest BCUT2D eigenvalue weighted by atomic mass is 32.2. The van der Waals surface area contributed by atoms with Crippen LogP contribution < -0.4 is 0 Å². The Bertz CT molecular complexity index is 305. The highest BCUT2D eigenvalue weighted by Gasteiger charge is 2.27. The van der Waals surface area contributed by atoms with Crippen molar-refractivity contribution in [3.05, 3.63) is 0 Å². The lowest BCUT2D eigenvalue weighted by molar-refractivity contribution is -0.140. The summed E-state index contributed by atoms with van der Waals surface area (Å²) in [6, 6.07) is 0. The van der Waals surface area contributed by atoms with Gasteiger partial charge in [-0.05, 0) is 12.8 Å². The molecule has 16 heavy (non-hydrogen) atoms. The van der Waals surface area contributed by atoms with Crippen LogP contribution in [0.4, 0.5) is 0 Å². The second kappa shape index (κ2) is 5.89. The Hall–Kier alpha value is -1.04. The van der Waals surface area contributed by atoms with Crippen molar-refractivity contribution in [2.75, 3.05) is 12.3 Å². The van der Waals surface area contributed by atoms with Gasteiger partial charge in [0.2, 0.25) is 11.8 Å². The van der Waals surface area contributed by atoms with Gasteiger partial charge in [-0.25, -0.2) is 0 Å². The van der Waals surface area contributed by atoms with Gasteiger partial charge in [0.05, 0.1) is 5.75 Å². The van der Waals surface area contributed by atoms with E-state index in [0.717, 1.165) is 11.8 Å². The van der Waals surface area contributed by atoms with Crippen molar-refractivity contribution in [2.45, 2.75) is 31.4 Å². The van der Waals surface area contributed by atoms with Gasteiger partial charge in [0.25, 0.3) is 0 Å². The maximum atomic E-state index is 11.6. The van der Waals surface area contributed by atoms with E-state index < -0.39 is 11.2 Å². The van der Waals surface area contributed by atoms with Crippen LogP contribution in [-0.4, -0.2) is 45.3 Å². The third-order valence-corrected chi connectivity index (χ3v) is 3.78. The van der Waals surface area contributed by atoms with Gasteiger partial charge in [0, 0.05) is 13.0 Å². The van der Waals surface area contributed by atoms with Gasteiger partial charge in [0.15, 0.2) is 0 Å². The molecule has 0 aromatic carbocycles. The van der Waals surface area contributed by atoms with Gasteiger partial charge in [-0.2, -0.15) is 0 Å². The number of aliphatic carboxylic acids is 1. The van der Waals surface area contributed by atoms with Crippen LogP contribution in [0.15, 0.2) is 0 Å². The third kappa shape index (κ3) is 3.23. The smallest absolute Gasteiger partial charge is 0.316 e. The lowest BCUT2D eigenvalue weighted by Crippen LogP contribution is -2.34. The molecule has 1 N–H and O–H groups in total. The van der Waals surface area contributed by atoms with E-state index in [1.165, 1.54) is 4.90 Å². The van der Waals surface area contributed by atoms with Gasteiger partial charge in [0.1, 0.15) is 5.25 Å². The molecule has 6 heteroatoms. The van der Waals surface area contributed by atoms with Crippen LogP contribution in [0.25, 0.3) is 0 Å². The third-order valence-electron chi connectivity index (χ3n) is 2.43. The summed E-state index contributed by atoms with van der Waals surface area (Å²) in [5, 5.41) is 8.22. The van der Waals surface area contributed by atoms with E-state index in [9.17, 15) is 14.4 Å². The van der Waals surface area contributed by atoms with E-state index in [4.69, 9.17) is 5.11 Å². The Labute approximate surface area is 98.2 Å². The molecule has 1 saturated heterocycles. The standard InChI is InChI=1S/C10H15NO4S/c1-2-7(10(14)15)16-6-9(13)11-5-3-4-8(11)12/h7H,2-6H2,1H3,(H,14,15). The van der Waals surface area contributed by atoms with E-state index >= 15 is 0 Å². The van der Waals surface area contributed by atoms with Crippen molar-refractivity contribution >= 4 is 29.5 Å². The highest BCUT2D eigenvalue weighted by molar-refractivity contribution is 8.01. The summed E-state index contributed by atoms with van der Waals surface area (Å²) < 4.78 is 0. The van der Waals surface area contributed by atoms with Crippen molar-refractivity contribution in [3.63, 3.8) is 0 Å². The molecular formula is C10H15NO4S. The fourth-order valence-corrected chi connectivity index (χ4v) is 2.40. The fraction of sp³-hybridized carbons (Fsp3) is 0.700. The summed E-state index contributed by atoms with van der Waals surface area (Å²) in [6.45, 7) is 2.24. The predicted octanol–water partition coefficient (Wildman–Crippen LogP) is 0.732. The first-order chi connectivity index (χ1) is 7.56. The molecule has 1 unspecified atom stereocenters. The molecule has 1 heterocycles. The summed E-state index contributed by atoms with van der Waals surface area (Å²) in [5.74, 6) is -1.26. The van der Waals surface area contributed by atoms with Crippen molar-refractivity contribution < 1.29 is 19.5 Å². The zero-order valence-corrected chi connectivity index (χ0v) is 9.96. The molecule has 0 saturated carbocycles. The van der Waals surface area contributed by atoms with Crippen LogP contribution in [0.3, 0.4) is 0 Å². The maximum absolute atomic E-state index is 11.6. The summed E-state index contributed by atoms with van der Waals surface area (Å²) in [5.41, 5.74) is 0. The lowest BCUT2D eigenvalue weighted by Gasteiger charge is -2.14. The summed E-state index contributed by atoms with van der Waals surface area (Å²) in [6.07, 6.45) is 1.61. The molecule has 0 bridgehead atoms. The van der Waals surface area contributed by atoms with Crippen LogP contribution in [-0.2, 0) is 14.4 Å². The number of nitrogens with zero attached hydrogens (tertiary/aromatic N) is 1. The van der Waals surface area contributed by atoms with E-state index in [1.54, 1.807) is 6.92 Å². The number of carbonyl (C=O) groups is 3. The quantitative estimate of drug-likeness (QED) is 0.773. The number of imide groups is 1. The summed E-state index contributed by atoms with van der Waals surface area (Å²) in [4.78, 5) is 34.8. The first-order valence-electron chi connectivity index (χ1n) is 5.23. The van der Waals surface area contributed by atoms with E-state index in [0.29, 0.717) is 25.8 Å². The Morgan fingerprint density at radius 2 is 2.25 bits per heavy atom. The average Bonchev–Trinajstić information content (AvgIpc) is 2.64. The number of thioether (sulfide) groups is 1. The van der Waals surface area contributed by atoms with Gasteiger partial charge in [-0.3, -0.25) is 19.3 Å². The van der Waals surface area contributed by atoms with Crippen molar-refractivity contribution in [3.8, 4) is 0 Å². The molecule has 1 fully saturated rings. The molecule has 90 valence electrons. The first kappa shape index (κ1) is 13.0. The van der Waals surface area contributed by atoms with Crippen LogP contribution in [0, 0.1) is 0 Å². The monoisotopic (exact) mass is 245 g/mol. The number of likely N-dealkylation sites (tertiary alicyclic amines) is 1. The molecule has 0 aromatic rings. The Morgan fingerprint density at radius 1 is 1.56 bits per heavy atom. The van der Waals surface area contributed by atoms with Crippen LogP contribution in [0.2, 0.25) is 0 Å². The Morgan fingerprint density at radius 3 is 2.69 bits per heavy atom. The number of hydrogen-bond acceptors (Lipinski definition) is 4. The first-order valence-corrected chi connectivity index (χ1v) is 6.28. The molecule has 1 rings (SSSR count). The van der Waals surface area contributed by atoms with Crippen LogP contribution in [0.5, 0.6) is 0 Å². The number of amides is 2. The molecule has 0 aromatic heterocycles. The zero-order valence-electron chi connectivity index (χ0n) is 9.14. The number of carbonyl (C=O) groups excluding carboxylic acids is 2. The lowest BCUT2D eigenvalue weighted by atomic mass is 10.3. The SMILES string of the molecule is CCC(SCC(=O)N1CCCC1=O)C(=O)O. The molecule has 0 radical (unpaired) electrons. The van der Waals surface area contributed by atoms with E-state index in [2.05, 4.69) is 0 Å². The van der Waals surface area contributed by atoms with Crippen LogP contribution in [0.1, 0.15) is 26.2 Å². The molecule has 1 aliphatic rings. The van der Waals surface area contributed by atoms with Gasteiger partial charge in [-0.1, -0.05) is 6.92 Å².